The van der Waals surface area contributed by atoms with Crippen molar-refractivity contribution in [3.63, 3.8) is 0 Å². The minimum atomic E-state index is -0.504. The molecule has 0 unspecified atom stereocenters. The van der Waals surface area contributed by atoms with E-state index in [1.807, 2.05) is 60.7 Å². The fourth-order valence-electron chi connectivity index (χ4n) is 2.87. The Labute approximate surface area is 161 Å². The maximum Gasteiger partial charge on any atom is 0.344 e. The van der Waals surface area contributed by atoms with Crippen molar-refractivity contribution in [2.24, 2.45) is 0 Å². The number of aryl methyl sites for hydroxylation is 1. The Morgan fingerprint density at radius 2 is 1.79 bits per heavy atom. The lowest BCUT2D eigenvalue weighted by molar-refractivity contribution is 0.0466. The highest BCUT2D eigenvalue weighted by atomic mass is 16.5. The maximum atomic E-state index is 12.6. The van der Waals surface area contributed by atoms with Crippen LogP contribution in [0.25, 0.3) is 11.3 Å². The third-order valence-electron chi connectivity index (χ3n) is 4.24. The zero-order valence-corrected chi connectivity index (χ0v) is 15.3. The lowest BCUT2D eigenvalue weighted by atomic mass is 10.1. The van der Waals surface area contributed by atoms with Gasteiger partial charge in [0.1, 0.15) is 29.3 Å². The molecule has 0 aliphatic rings. The minimum absolute atomic E-state index is 0.0203. The topological polar surface area (TPSA) is 83.0 Å². The molecule has 2 aromatic heterocycles. The first-order valence-corrected chi connectivity index (χ1v) is 8.82. The van der Waals surface area contributed by atoms with Crippen LogP contribution in [0.4, 0.5) is 0 Å². The van der Waals surface area contributed by atoms with Crippen molar-refractivity contribution < 1.29 is 14.1 Å². The molecule has 0 radical (unpaired) electrons. The number of ether oxygens (including phenoxy) is 1. The van der Waals surface area contributed by atoms with Gasteiger partial charge in [-0.2, -0.15) is 0 Å². The quantitative estimate of drug-likeness (QED) is 0.479. The summed E-state index contributed by atoms with van der Waals surface area (Å²) < 4.78 is 12.3. The molecule has 0 amide bonds. The van der Waals surface area contributed by atoms with Crippen LogP contribution < -0.4 is 0 Å². The van der Waals surface area contributed by atoms with Crippen LogP contribution in [0.1, 0.15) is 27.4 Å². The van der Waals surface area contributed by atoms with Gasteiger partial charge in [0.25, 0.3) is 0 Å². The van der Waals surface area contributed by atoms with Crippen LogP contribution in [-0.4, -0.2) is 26.1 Å². The van der Waals surface area contributed by atoms with Gasteiger partial charge in [0.05, 0.1) is 12.7 Å². The molecule has 0 saturated heterocycles. The standard InChI is InChI=1S/C21H18N4O3/c1-15-19(20(23-28-15)17-10-6-3-7-11-17)21(26)27-14-18-13-25(24-22-18)12-16-8-4-2-5-9-16/h2-11,13H,12,14H2,1H3. The molecule has 0 saturated carbocycles. The molecule has 0 atom stereocenters. The lowest BCUT2D eigenvalue weighted by Crippen LogP contribution is -2.07. The number of benzene rings is 2. The highest BCUT2D eigenvalue weighted by Crippen LogP contribution is 2.25. The van der Waals surface area contributed by atoms with E-state index in [9.17, 15) is 4.79 Å². The Hall–Kier alpha value is -3.74. The summed E-state index contributed by atoms with van der Waals surface area (Å²) in [5, 5.41) is 12.1. The Bertz CT molecular complexity index is 1070. The van der Waals surface area contributed by atoms with E-state index in [0.29, 0.717) is 29.3 Å². The van der Waals surface area contributed by atoms with Crippen LogP contribution in [0.5, 0.6) is 0 Å². The Morgan fingerprint density at radius 3 is 2.54 bits per heavy atom. The van der Waals surface area contributed by atoms with Crippen LogP contribution in [0, 0.1) is 6.92 Å². The largest absolute Gasteiger partial charge is 0.455 e. The van der Waals surface area contributed by atoms with Gasteiger partial charge in [0.2, 0.25) is 0 Å². The normalized spacial score (nSPS) is 10.8. The second-order valence-electron chi connectivity index (χ2n) is 6.30. The SMILES string of the molecule is Cc1onc(-c2ccccc2)c1C(=O)OCc1cn(Cc2ccccc2)nn1. The van der Waals surface area contributed by atoms with Gasteiger partial charge in [-0.05, 0) is 12.5 Å². The molecule has 28 heavy (non-hydrogen) atoms. The summed E-state index contributed by atoms with van der Waals surface area (Å²) in [6, 6.07) is 19.3. The molecule has 4 rings (SSSR count). The predicted molar refractivity (Wildman–Crippen MR) is 101 cm³/mol. The Balaban J connectivity index is 1.44. The molecule has 0 spiro atoms. The summed E-state index contributed by atoms with van der Waals surface area (Å²) >= 11 is 0. The summed E-state index contributed by atoms with van der Waals surface area (Å²) in [6.45, 7) is 2.31. The van der Waals surface area contributed by atoms with Gasteiger partial charge in [-0.15, -0.1) is 5.10 Å². The zero-order chi connectivity index (χ0) is 19.3. The fourth-order valence-corrected chi connectivity index (χ4v) is 2.87. The van der Waals surface area contributed by atoms with Crippen molar-refractivity contribution in [1.82, 2.24) is 20.2 Å². The van der Waals surface area contributed by atoms with Gasteiger partial charge in [-0.1, -0.05) is 71.0 Å². The third-order valence-corrected chi connectivity index (χ3v) is 4.24. The molecule has 2 aromatic carbocycles. The van der Waals surface area contributed by atoms with Crippen molar-refractivity contribution in [3.05, 3.63) is 89.4 Å². The van der Waals surface area contributed by atoms with Gasteiger partial charge >= 0.3 is 5.97 Å². The first-order valence-electron chi connectivity index (χ1n) is 8.82. The van der Waals surface area contributed by atoms with E-state index >= 15 is 0 Å². The number of rotatable bonds is 6. The number of carbonyl (C=O) groups is 1. The third kappa shape index (κ3) is 3.83. The van der Waals surface area contributed by atoms with Crippen molar-refractivity contribution in [1.29, 1.82) is 0 Å². The fraction of sp³-hybridized carbons (Fsp3) is 0.143. The zero-order valence-electron chi connectivity index (χ0n) is 15.3. The Kier molecular flexibility index (Phi) is 4.97. The molecule has 7 nitrogen and oxygen atoms in total. The number of carbonyl (C=O) groups excluding carboxylic acids is 1. The minimum Gasteiger partial charge on any atom is -0.455 e. The van der Waals surface area contributed by atoms with Crippen LogP contribution in [-0.2, 0) is 17.9 Å². The number of hydrogen-bond acceptors (Lipinski definition) is 6. The number of esters is 1. The van der Waals surface area contributed by atoms with Crippen LogP contribution in [0.3, 0.4) is 0 Å². The van der Waals surface area contributed by atoms with Gasteiger partial charge < -0.3 is 9.26 Å². The molecule has 7 heteroatoms. The van der Waals surface area contributed by atoms with E-state index in [-0.39, 0.29) is 6.61 Å². The molecule has 0 bridgehead atoms. The molecule has 0 aliphatic carbocycles. The number of hydrogen-bond donors (Lipinski definition) is 0. The van der Waals surface area contributed by atoms with Gasteiger partial charge in [-0.25, -0.2) is 9.48 Å². The Morgan fingerprint density at radius 1 is 1.07 bits per heavy atom. The highest BCUT2D eigenvalue weighted by molar-refractivity contribution is 5.97. The van der Waals surface area contributed by atoms with E-state index in [4.69, 9.17) is 9.26 Å². The summed E-state index contributed by atoms with van der Waals surface area (Å²) in [7, 11) is 0. The van der Waals surface area contributed by atoms with E-state index in [2.05, 4.69) is 15.5 Å². The molecule has 140 valence electrons. The maximum absolute atomic E-state index is 12.6. The summed E-state index contributed by atoms with van der Waals surface area (Å²) in [6.07, 6.45) is 1.76. The number of aromatic nitrogens is 4. The average Bonchev–Trinajstić information content (AvgIpc) is 3.34. The van der Waals surface area contributed by atoms with Gasteiger partial charge in [0.15, 0.2) is 0 Å². The van der Waals surface area contributed by atoms with Crippen LogP contribution in [0.15, 0.2) is 71.4 Å². The number of nitrogens with zero attached hydrogens (tertiary/aromatic N) is 4. The smallest absolute Gasteiger partial charge is 0.344 e. The predicted octanol–water partition coefficient (Wildman–Crippen LogP) is 3.65. The van der Waals surface area contributed by atoms with E-state index in [1.165, 1.54) is 0 Å². The first kappa shape index (κ1) is 17.7. The molecule has 4 aromatic rings. The van der Waals surface area contributed by atoms with Crippen LogP contribution in [0.2, 0.25) is 0 Å². The van der Waals surface area contributed by atoms with Crippen LogP contribution >= 0.6 is 0 Å². The second kappa shape index (κ2) is 7.87. The molecule has 0 aliphatic heterocycles. The molecular weight excluding hydrogens is 356 g/mol. The van der Waals surface area contributed by atoms with Crippen molar-refractivity contribution >= 4 is 5.97 Å². The molecule has 0 fully saturated rings. The summed E-state index contributed by atoms with van der Waals surface area (Å²) in [5.41, 5.74) is 3.27. The van der Waals surface area contributed by atoms with E-state index in [0.717, 1.165) is 11.1 Å². The van der Waals surface area contributed by atoms with Gasteiger partial charge in [-0.3, -0.25) is 0 Å². The van der Waals surface area contributed by atoms with Gasteiger partial charge in [0, 0.05) is 5.56 Å². The van der Waals surface area contributed by atoms with Crippen molar-refractivity contribution in [2.45, 2.75) is 20.1 Å². The monoisotopic (exact) mass is 374 g/mol. The highest BCUT2D eigenvalue weighted by Gasteiger charge is 2.23. The first-order chi connectivity index (χ1) is 13.7. The second-order valence-corrected chi connectivity index (χ2v) is 6.30. The van der Waals surface area contributed by atoms with E-state index < -0.39 is 5.97 Å². The van der Waals surface area contributed by atoms with E-state index in [1.54, 1.807) is 17.8 Å². The van der Waals surface area contributed by atoms with Crippen molar-refractivity contribution in [3.8, 4) is 11.3 Å². The molecule has 2 heterocycles. The average molecular weight is 374 g/mol. The summed E-state index contributed by atoms with van der Waals surface area (Å²) in [5.74, 6) is -0.0909. The molecule has 0 N–H and O–H groups in total. The summed E-state index contributed by atoms with van der Waals surface area (Å²) in [4.78, 5) is 12.6. The van der Waals surface area contributed by atoms with Crippen molar-refractivity contribution in [2.75, 3.05) is 0 Å². The lowest BCUT2D eigenvalue weighted by Gasteiger charge is -2.03. The molecular formula is C21H18N4O3.